The standard InChI is InChI=1S/C12H20N4OS/c1-9(13)10-8-18-11(14-10)15-12(17)16-6-4-2-3-5-7-16/h8-9H,2-7,13H2,1H3,(H,14,15,17). The van der Waals surface area contributed by atoms with Gasteiger partial charge in [-0.3, -0.25) is 5.32 Å². The molecule has 0 radical (unpaired) electrons. The molecular weight excluding hydrogens is 248 g/mol. The summed E-state index contributed by atoms with van der Waals surface area (Å²) in [5, 5.41) is 5.38. The normalized spacial score (nSPS) is 18.2. The molecule has 1 aliphatic rings. The van der Waals surface area contributed by atoms with Gasteiger partial charge in [0.2, 0.25) is 0 Å². The average molecular weight is 268 g/mol. The van der Waals surface area contributed by atoms with Crippen molar-refractivity contribution in [2.24, 2.45) is 5.73 Å². The van der Waals surface area contributed by atoms with Gasteiger partial charge in [-0.15, -0.1) is 11.3 Å². The molecule has 0 bridgehead atoms. The number of likely N-dealkylation sites (tertiary alicyclic amines) is 1. The second kappa shape index (κ2) is 6.15. The van der Waals surface area contributed by atoms with Crippen LogP contribution in [0.25, 0.3) is 0 Å². The van der Waals surface area contributed by atoms with Gasteiger partial charge < -0.3 is 10.6 Å². The fraction of sp³-hybridized carbons (Fsp3) is 0.667. The van der Waals surface area contributed by atoms with Gasteiger partial charge in [-0.1, -0.05) is 12.8 Å². The molecule has 1 saturated heterocycles. The molecule has 1 aliphatic heterocycles. The van der Waals surface area contributed by atoms with Crippen molar-refractivity contribution in [3.8, 4) is 0 Å². The van der Waals surface area contributed by atoms with Crippen LogP contribution in [0.1, 0.15) is 44.3 Å². The third kappa shape index (κ3) is 3.43. The van der Waals surface area contributed by atoms with E-state index < -0.39 is 0 Å². The number of carbonyl (C=O) groups is 1. The highest BCUT2D eigenvalue weighted by molar-refractivity contribution is 7.13. The SMILES string of the molecule is CC(N)c1csc(NC(=O)N2CCCCCC2)n1. The number of urea groups is 1. The second-order valence-electron chi connectivity index (χ2n) is 4.70. The van der Waals surface area contributed by atoms with E-state index >= 15 is 0 Å². The van der Waals surface area contributed by atoms with Crippen molar-refractivity contribution in [3.05, 3.63) is 11.1 Å². The Hall–Kier alpha value is -1.14. The molecule has 1 fully saturated rings. The molecule has 0 aliphatic carbocycles. The Labute approximate surface area is 111 Å². The summed E-state index contributed by atoms with van der Waals surface area (Å²) in [7, 11) is 0. The number of nitrogens with zero attached hydrogens (tertiary/aromatic N) is 2. The second-order valence-corrected chi connectivity index (χ2v) is 5.56. The van der Waals surface area contributed by atoms with E-state index in [4.69, 9.17) is 5.73 Å². The van der Waals surface area contributed by atoms with Gasteiger partial charge in [0.15, 0.2) is 5.13 Å². The molecule has 1 aromatic rings. The number of nitrogens with one attached hydrogen (secondary N) is 1. The van der Waals surface area contributed by atoms with Crippen molar-refractivity contribution < 1.29 is 4.79 Å². The number of aromatic nitrogens is 1. The fourth-order valence-corrected chi connectivity index (χ4v) is 2.80. The highest BCUT2D eigenvalue weighted by Gasteiger charge is 2.16. The molecule has 1 atom stereocenters. The minimum absolute atomic E-state index is 0.0394. The summed E-state index contributed by atoms with van der Waals surface area (Å²) in [6, 6.07) is -0.132. The van der Waals surface area contributed by atoms with Crippen LogP contribution >= 0.6 is 11.3 Å². The number of hydrogen-bond donors (Lipinski definition) is 2. The lowest BCUT2D eigenvalue weighted by molar-refractivity contribution is 0.214. The predicted molar refractivity (Wildman–Crippen MR) is 73.8 cm³/mol. The molecule has 0 aromatic carbocycles. The van der Waals surface area contributed by atoms with Crippen LogP contribution in [-0.4, -0.2) is 29.0 Å². The van der Waals surface area contributed by atoms with Crippen LogP contribution in [0.3, 0.4) is 0 Å². The van der Waals surface area contributed by atoms with Gasteiger partial charge in [0.25, 0.3) is 0 Å². The van der Waals surface area contributed by atoms with Gasteiger partial charge in [-0.05, 0) is 19.8 Å². The zero-order valence-corrected chi connectivity index (χ0v) is 11.5. The Morgan fingerprint density at radius 3 is 2.67 bits per heavy atom. The molecule has 18 heavy (non-hydrogen) atoms. The maximum Gasteiger partial charge on any atom is 0.323 e. The molecule has 2 rings (SSSR count). The summed E-state index contributed by atoms with van der Waals surface area (Å²) in [6.07, 6.45) is 4.62. The van der Waals surface area contributed by atoms with E-state index in [9.17, 15) is 4.79 Å². The quantitative estimate of drug-likeness (QED) is 0.866. The monoisotopic (exact) mass is 268 g/mol. The number of hydrogen-bond acceptors (Lipinski definition) is 4. The third-order valence-corrected chi connectivity index (χ3v) is 3.87. The molecule has 0 spiro atoms. The minimum Gasteiger partial charge on any atom is -0.324 e. The number of amides is 2. The summed E-state index contributed by atoms with van der Waals surface area (Å²) in [6.45, 7) is 3.57. The van der Waals surface area contributed by atoms with Gasteiger partial charge in [0.1, 0.15) is 0 Å². The van der Waals surface area contributed by atoms with Gasteiger partial charge in [-0.2, -0.15) is 0 Å². The van der Waals surface area contributed by atoms with E-state index in [1.165, 1.54) is 24.2 Å². The topological polar surface area (TPSA) is 71.2 Å². The number of thiazole rings is 1. The molecule has 3 N–H and O–H groups in total. The number of rotatable bonds is 2. The van der Waals surface area contributed by atoms with Crippen LogP contribution in [0.4, 0.5) is 9.93 Å². The molecule has 2 heterocycles. The smallest absolute Gasteiger partial charge is 0.323 e. The summed E-state index contributed by atoms with van der Waals surface area (Å²) >= 11 is 1.43. The van der Waals surface area contributed by atoms with Crippen LogP contribution in [0.5, 0.6) is 0 Å². The Morgan fingerprint density at radius 1 is 1.44 bits per heavy atom. The van der Waals surface area contributed by atoms with E-state index in [-0.39, 0.29) is 12.1 Å². The van der Waals surface area contributed by atoms with Crippen molar-refractivity contribution in [2.45, 2.75) is 38.6 Å². The van der Waals surface area contributed by atoms with Crippen LogP contribution in [0.2, 0.25) is 0 Å². The van der Waals surface area contributed by atoms with Gasteiger partial charge in [0.05, 0.1) is 5.69 Å². The molecular formula is C12H20N4OS. The van der Waals surface area contributed by atoms with E-state index in [0.29, 0.717) is 5.13 Å². The lowest BCUT2D eigenvalue weighted by atomic mass is 10.2. The van der Waals surface area contributed by atoms with E-state index in [0.717, 1.165) is 31.6 Å². The largest absolute Gasteiger partial charge is 0.324 e. The first-order valence-electron chi connectivity index (χ1n) is 6.44. The molecule has 1 aromatic heterocycles. The van der Waals surface area contributed by atoms with E-state index in [1.54, 1.807) is 0 Å². The first-order valence-corrected chi connectivity index (χ1v) is 7.31. The highest BCUT2D eigenvalue weighted by Crippen LogP contribution is 2.20. The predicted octanol–water partition coefficient (Wildman–Crippen LogP) is 2.57. The average Bonchev–Trinajstić information content (AvgIpc) is 2.64. The molecule has 100 valence electrons. The number of anilines is 1. The van der Waals surface area contributed by atoms with Crippen molar-refractivity contribution >= 4 is 22.5 Å². The number of carbonyl (C=O) groups excluding carboxylic acids is 1. The lowest BCUT2D eigenvalue weighted by Crippen LogP contribution is -2.35. The van der Waals surface area contributed by atoms with Crippen molar-refractivity contribution in [1.29, 1.82) is 0 Å². The summed E-state index contributed by atoms with van der Waals surface area (Å²) in [4.78, 5) is 18.2. The van der Waals surface area contributed by atoms with Crippen molar-refractivity contribution in [1.82, 2.24) is 9.88 Å². The summed E-state index contributed by atoms with van der Waals surface area (Å²) in [5.41, 5.74) is 6.57. The summed E-state index contributed by atoms with van der Waals surface area (Å²) in [5.74, 6) is 0. The van der Waals surface area contributed by atoms with Crippen LogP contribution in [0, 0.1) is 0 Å². The van der Waals surface area contributed by atoms with Crippen LogP contribution < -0.4 is 11.1 Å². The lowest BCUT2D eigenvalue weighted by Gasteiger charge is -2.19. The maximum atomic E-state index is 12.0. The van der Waals surface area contributed by atoms with Crippen LogP contribution in [-0.2, 0) is 0 Å². The van der Waals surface area contributed by atoms with Gasteiger partial charge in [-0.25, -0.2) is 9.78 Å². The van der Waals surface area contributed by atoms with Crippen molar-refractivity contribution in [3.63, 3.8) is 0 Å². The molecule has 6 heteroatoms. The first-order chi connectivity index (χ1) is 8.66. The maximum absolute atomic E-state index is 12.0. The molecule has 1 unspecified atom stereocenters. The van der Waals surface area contributed by atoms with Crippen molar-refractivity contribution in [2.75, 3.05) is 18.4 Å². The zero-order chi connectivity index (χ0) is 13.0. The van der Waals surface area contributed by atoms with Gasteiger partial charge >= 0.3 is 6.03 Å². The Balaban J connectivity index is 1.92. The molecule has 5 nitrogen and oxygen atoms in total. The summed E-state index contributed by atoms with van der Waals surface area (Å²) < 4.78 is 0. The van der Waals surface area contributed by atoms with E-state index in [1.807, 2.05) is 17.2 Å². The first kappa shape index (κ1) is 13.3. The molecule has 2 amide bonds. The fourth-order valence-electron chi connectivity index (χ4n) is 2.00. The Kier molecular flexibility index (Phi) is 4.54. The Morgan fingerprint density at radius 2 is 2.11 bits per heavy atom. The minimum atomic E-state index is -0.0925. The highest BCUT2D eigenvalue weighted by atomic mass is 32.1. The molecule has 0 saturated carbocycles. The zero-order valence-electron chi connectivity index (χ0n) is 10.7. The third-order valence-electron chi connectivity index (χ3n) is 3.10. The Bertz CT molecular complexity index is 397. The van der Waals surface area contributed by atoms with Gasteiger partial charge in [0, 0.05) is 24.5 Å². The van der Waals surface area contributed by atoms with Crippen LogP contribution in [0.15, 0.2) is 5.38 Å². The number of nitrogens with two attached hydrogens (primary N) is 1. The van der Waals surface area contributed by atoms with E-state index in [2.05, 4.69) is 10.3 Å².